The summed E-state index contributed by atoms with van der Waals surface area (Å²) in [6, 6.07) is 10.7. The van der Waals surface area contributed by atoms with Crippen LogP contribution in [-0.2, 0) is 31.2 Å². The van der Waals surface area contributed by atoms with Gasteiger partial charge in [0.05, 0.1) is 35.8 Å². The number of fused-ring (bicyclic) bond motifs is 4. The maximum Gasteiger partial charge on any atom is 0.327 e. The van der Waals surface area contributed by atoms with E-state index in [-0.39, 0.29) is 29.2 Å². The predicted molar refractivity (Wildman–Crippen MR) is 195 cm³/mol. The van der Waals surface area contributed by atoms with Gasteiger partial charge in [0.1, 0.15) is 15.7 Å². The number of amides is 3. The molecule has 2 N–H and O–H groups in total. The van der Waals surface area contributed by atoms with Crippen LogP contribution in [0.3, 0.4) is 0 Å². The Morgan fingerprint density at radius 1 is 1.18 bits per heavy atom. The van der Waals surface area contributed by atoms with E-state index in [0.717, 1.165) is 55.9 Å². The molecular weight excluding hydrogens is 676 g/mol. The highest BCUT2D eigenvalue weighted by molar-refractivity contribution is 7.92. The van der Waals surface area contributed by atoms with Crippen molar-refractivity contribution in [3.63, 3.8) is 0 Å². The molecule has 3 amide bonds. The van der Waals surface area contributed by atoms with Crippen LogP contribution in [0, 0.1) is 17.8 Å². The molecule has 2 aromatic rings. The molecule has 7 rings (SSSR count). The van der Waals surface area contributed by atoms with Gasteiger partial charge in [-0.3, -0.25) is 9.52 Å². The van der Waals surface area contributed by atoms with E-state index in [1.165, 1.54) is 11.1 Å². The van der Waals surface area contributed by atoms with Crippen LogP contribution >= 0.6 is 11.6 Å². The number of hydrogen-bond donors (Lipinski definition) is 2. The second kappa shape index (κ2) is 13.8. The quantitative estimate of drug-likeness (QED) is 0.348. The zero-order chi connectivity index (χ0) is 35.3. The number of hydrogen-bond acceptors (Lipinski definition) is 7. The summed E-state index contributed by atoms with van der Waals surface area (Å²) < 4.78 is 39.4. The molecule has 2 heterocycles. The summed E-state index contributed by atoms with van der Waals surface area (Å²) in [5, 5.41) is 3.58. The number of carbonyl (C=O) groups excluding carboxylic acids is 2. The topological polar surface area (TPSA) is 119 Å². The number of nitrogens with zero attached hydrogens (tertiary/aromatic N) is 2. The first-order chi connectivity index (χ1) is 23.9. The SMILES string of the molecule is CO[C@H]1/C=C/C[C@H](C)C[S@@](=O)(NC(=O)NC2C[C@]2(C)OC)=NC(=O)c2ccc3c(c2)N(C[C@@H]2CC[C@H]21)C[C@@]1(CCCc2cc(Cl)ccc21)CO3. The third kappa shape index (κ3) is 7.03. The largest absolute Gasteiger partial charge is 0.490 e. The Labute approximate surface area is 300 Å². The van der Waals surface area contributed by atoms with Crippen LogP contribution in [-0.4, -0.2) is 73.6 Å². The van der Waals surface area contributed by atoms with Gasteiger partial charge in [-0.05, 0) is 105 Å². The molecule has 2 aliphatic heterocycles. The van der Waals surface area contributed by atoms with E-state index >= 15 is 0 Å². The van der Waals surface area contributed by atoms with Gasteiger partial charge in [0.25, 0.3) is 5.91 Å². The fraction of sp³-hybridized carbons (Fsp3) is 0.579. The Bertz CT molecular complexity index is 1810. The molecule has 12 heteroatoms. The Kier molecular flexibility index (Phi) is 9.73. The van der Waals surface area contributed by atoms with Crippen molar-refractivity contribution < 1.29 is 28.0 Å². The smallest absolute Gasteiger partial charge is 0.327 e. The molecule has 2 aromatic carbocycles. The molecule has 0 aromatic heterocycles. The first-order valence-corrected chi connectivity index (χ1v) is 19.9. The van der Waals surface area contributed by atoms with Crippen LogP contribution in [0.15, 0.2) is 52.9 Å². The molecule has 5 aliphatic rings. The van der Waals surface area contributed by atoms with Gasteiger partial charge in [-0.15, -0.1) is 4.36 Å². The molecule has 2 fully saturated rings. The van der Waals surface area contributed by atoms with Crippen LogP contribution in [0.4, 0.5) is 10.5 Å². The summed E-state index contributed by atoms with van der Waals surface area (Å²) >= 11 is 6.45. The molecule has 1 spiro atoms. The van der Waals surface area contributed by atoms with Crippen molar-refractivity contribution in [2.24, 2.45) is 22.1 Å². The summed E-state index contributed by atoms with van der Waals surface area (Å²) in [7, 11) is -0.140. The summed E-state index contributed by atoms with van der Waals surface area (Å²) in [5.41, 5.74) is 2.94. The number of methoxy groups -OCH3 is 2. The summed E-state index contributed by atoms with van der Waals surface area (Å²) in [6.45, 7) is 5.87. The zero-order valence-corrected chi connectivity index (χ0v) is 31.0. The summed E-state index contributed by atoms with van der Waals surface area (Å²) in [5.74, 6) is 0.677. The Morgan fingerprint density at radius 3 is 2.76 bits per heavy atom. The first kappa shape index (κ1) is 35.3. The number of aryl methyl sites for hydroxylation is 1. The van der Waals surface area contributed by atoms with E-state index in [2.05, 4.69) is 43.6 Å². The second-order valence-corrected chi connectivity index (χ2v) is 17.7. The molecule has 0 radical (unpaired) electrons. The van der Waals surface area contributed by atoms with E-state index < -0.39 is 27.5 Å². The monoisotopic (exact) mass is 724 g/mol. The van der Waals surface area contributed by atoms with E-state index in [1.54, 1.807) is 20.3 Å². The maximum atomic E-state index is 14.4. The van der Waals surface area contributed by atoms with E-state index in [0.29, 0.717) is 42.6 Å². The molecule has 0 saturated heterocycles. The number of halogens is 1. The number of allylic oxidation sites excluding steroid dienone is 1. The van der Waals surface area contributed by atoms with Gasteiger partial charge < -0.3 is 24.4 Å². The number of nitrogens with one attached hydrogen (secondary N) is 2. The van der Waals surface area contributed by atoms with Gasteiger partial charge in [0.15, 0.2) is 0 Å². The van der Waals surface area contributed by atoms with Gasteiger partial charge in [0.2, 0.25) is 0 Å². The average Bonchev–Trinajstić information content (AvgIpc) is 3.75. The van der Waals surface area contributed by atoms with Crippen LogP contribution in [0.5, 0.6) is 5.75 Å². The Hall–Kier alpha value is -3.12. The summed E-state index contributed by atoms with van der Waals surface area (Å²) in [6.07, 6.45) is 10.5. The second-order valence-electron chi connectivity index (χ2n) is 15.3. The highest BCUT2D eigenvalue weighted by atomic mass is 35.5. The van der Waals surface area contributed by atoms with Gasteiger partial charge in [-0.2, -0.15) is 0 Å². The molecule has 8 atom stereocenters. The highest BCUT2D eigenvalue weighted by Crippen LogP contribution is 2.47. The van der Waals surface area contributed by atoms with Crippen LogP contribution in [0.2, 0.25) is 5.02 Å². The first-order valence-electron chi connectivity index (χ1n) is 17.9. The fourth-order valence-electron chi connectivity index (χ4n) is 8.48. The Morgan fingerprint density at radius 2 is 2.02 bits per heavy atom. The molecule has 1 unspecified atom stereocenters. The molecule has 50 heavy (non-hydrogen) atoms. The number of rotatable bonds is 4. The molecule has 2 saturated carbocycles. The number of benzene rings is 2. The molecule has 3 aliphatic carbocycles. The van der Waals surface area contributed by atoms with Crippen molar-refractivity contribution in [2.75, 3.05) is 44.6 Å². The molecule has 10 nitrogen and oxygen atoms in total. The standard InChI is InChI=1S/C38H49ClN4O6S/c1-24-7-5-9-32(47-3)29-13-10-27(29)20-43-22-38(16-6-8-25-17-28(39)12-14-30(25)38)23-49-33-15-11-26(18-31(33)43)35(44)41-50(46,21-24)42-36(45)40-34-19-37(34,2)48-4/h5,9,11-12,14-15,17-18,24,27,29,32,34H,6-8,10,13,16,19-23H2,1-4H3,(H2,40,41,42,44,45,46)/b9-5+/t24-,27-,29+,32-,34?,37-,38-,50-/m0/s1. The van der Waals surface area contributed by atoms with Crippen molar-refractivity contribution in [1.29, 1.82) is 0 Å². The van der Waals surface area contributed by atoms with Gasteiger partial charge in [-0.25, -0.2) is 9.00 Å². The molecular formula is C38H49ClN4O6S. The average molecular weight is 725 g/mol. The van der Waals surface area contributed by atoms with Crippen molar-refractivity contribution in [1.82, 2.24) is 10.0 Å². The van der Waals surface area contributed by atoms with Crippen LogP contribution in [0.25, 0.3) is 0 Å². The number of anilines is 1. The minimum absolute atomic E-state index is 0.0124. The lowest BCUT2D eigenvalue weighted by molar-refractivity contribution is 0.0131. The van der Waals surface area contributed by atoms with Crippen molar-refractivity contribution in [3.8, 4) is 5.75 Å². The molecule has 2 bridgehead atoms. The molecule has 270 valence electrons. The van der Waals surface area contributed by atoms with Gasteiger partial charge in [-0.1, -0.05) is 36.7 Å². The fourth-order valence-corrected chi connectivity index (χ4v) is 10.5. The van der Waals surface area contributed by atoms with Crippen molar-refractivity contribution in [3.05, 3.63) is 70.3 Å². The predicted octanol–water partition coefficient (Wildman–Crippen LogP) is 6.45. The summed E-state index contributed by atoms with van der Waals surface area (Å²) in [4.78, 5) is 29.4. The van der Waals surface area contributed by atoms with E-state index in [1.807, 2.05) is 32.0 Å². The van der Waals surface area contributed by atoms with Gasteiger partial charge in [0, 0.05) is 49.7 Å². The zero-order valence-electron chi connectivity index (χ0n) is 29.4. The highest BCUT2D eigenvalue weighted by Gasteiger charge is 2.52. The maximum absolute atomic E-state index is 14.4. The minimum atomic E-state index is -3.50. The van der Waals surface area contributed by atoms with Crippen LogP contribution < -0.4 is 19.7 Å². The van der Waals surface area contributed by atoms with E-state index in [9.17, 15) is 13.8 Å². The van der Waals surface area contributed by atoms with Gasteiger partial charge >= 0.3 is 6.03 Å². The number of carbonyl (C=O) groups is 2. The minimum Gasteiger partial charge on any atom is -0.490 e. The normalized spacial score (nSPS) is 35.7. The lowest BCUT2D eigenvalue weighted by Gasteiger charge is -2.46. The van der Waals surface area contributed by atoms with Crippen LogP contribution in [0.1, 0.15) is 73.9 Å². The third-order valence-electron chi connectivity index (χ3n) is 11.7. The lowest BCUT2D eigenvalue weighted by atomic mass is 9.68. The van der Waals surface area contributed by atoms with E-state index in [4.69, 9.17) is 25.8 Å². The number of ether oxygens (including phenoxy) is 3. The number of urea groups is 1. The Balaban J connectivity index is 1.27. The van der Waals surface area contributed by atoms with Crippen molar-refractivity contribution >= 4 is 39.1 Å². The lowest BCUT2D eigenvalue weighted by Crippen LogP contribution is -2.49. The van der Waals surface area contributed by atoms with Crippen molar-refractivity contribution in [2.45, 2.75) is 82.0 Å². The third-order valence-corrected chi connectivity index (χ3v) is 13.9.